The normalized spacial score (nSPS) is 16.6. The molecule has 4 atom stereocenters. The van der Waals surface area contributed by atoms with Crippen LogP contribution in [0.15, 0.2) is 174 Å². The van der Waals surface area contributed by atoms with Crippen LogP contribution in [0.2, 0.25) is 0 Å². The summed E-state index contributed by atoms with van der Waals surface area (Å²) in [4.78, 5) is 95.5. The number of carbonyl (C=O) groups excluding carboxylic acids is 6. The zero-order valence-electron chi connectivity index (χ0n) is 83.5. The molecule has 2 N–H and O–H groups in total. The highest BCUT2D eigenvalue weighted by atomic mass is 32.2. The molecule has 14 rings (SSSR count). The van der Waals surface area contributed by atoms with Gasteiger partial charge in [0, 0.05) is 106 Å². The van der Waals surface area contributed by atoms with Crippen molar-refractivity contribution in [3.8, 4) is 22.5 Å². The number of hydrogen-bond acceptors (Lipinski definition) is 20. The Bertz CT molecular complexity index is 5890. The highest BCUT2D eigenvalue weighted by Gasteiger charge is 2.40. The van der Waals surface area contributed by atoms with Crippen molar-refractivity contribution in [1.82, 2.24) is 49.9 Å². The van der Waals surface area contributed by atoms with E-state index in [1.807, 2.05) is 70.8 Å². The first kappa shape index (κ1) is 107. The highest BCUT2D eigenvalue weighted by molar-refractivity contribution is 7.99. The first-order valence-electron chi connectivity index (χ1n) is 48.6. The van der Waals surface area contributed by atoms with Crippen molar-refractivity contribution in [1.29, 1.82) is 0 Å². The molecule has 4 aliphatic rings. The third kappa shape index (κ3) is 27.9. The molecular formula is C112H134F4N10O10S2. The molecule has 4 aromatic heterocycles. The number of aryl methyl sites for hydroxylation is 15. The number of aliphatic hydroxyl groups is 2. The van der Waals surface area contributed by atoms with E-state index in [9.17, 15) is 56.5 Å². The smallest absolute Gasteiger partial charge is 0.433 e. The number of nitrogens with zero attached hydrogens (tertiary/aromatic N) is 10. The summed E-state index contributed by atoms with van der Waals surface area (Å²) in [6, 6.07) is 34.0. The van der Waals surface area contributed by atoms with E-state index in [-0.39, 0.29) is 81.7 Å². The second kappa shape index (κ2) is 48.3. The fraction of sp³-hybridized carbons (Fsp3) is 0.446. The van der Waals surface area contributed by atoms with Gasteiger partial charge in [-0.1, -0.05) is 190 Å². The molecule has 0 saturated heterocycles. The van der Waals surface area contributed by atoms with Gasteiger partial charge in [-0.25, -0.2) is 24.3 Å². The largest absolute Gasteiger partial charge is 0.512 e. The molecule has 4 aliphatic carbocycles. The summed E-state index contributed by atoms with van der Waals surface area (Å²) in [5, 5.41) is 39.6. The van der Waals surface area contributed by atoms with Crippen molar-refractivity contribution in [2.24, 2.45) is 34.5 Å². The van der Waals surface area contributed by atoms with E-state index in [2.05, 4.69) is 170 Å². The predicted octanol–water partition coefficient (Wildman–Crippen LogP) is 25.6. The molecule has 0 radical (unpaired) electrons. The average molecular weight is 1920 g/mol. The second-order valence-electron chi connectivity index (χ2n) is 38.7. The maximum atomic E-state index is 13.7. The summed E-state index contributed by atoms with van der Waals surface area (Å²) in [5.41, 5.74) is 21.7. The molecule has 6 aromatic carbocycles. The Hall–Kier alpha value is -11.6. The first-order chi connectivity index (χ1) is 65.6. The monoisotopic (exact) mass is 1920 g/mol. The van der Waals surface area contributed by atoms with Crippen LogP contribution in [0.1, 0.15) is 274 Å². The van der Waals surface area contributed by atoms with E-state index in [0.717, 1.165) is 188 Å². The van der Waals surface area contributed by atoms with Crippen LogP contribution in [0.5, 0.6) is 0 Å². The minimum absolute atomic E-state index is 0.0163. The van der Waals surface area contributed by atoms with Gasteiger partial charge in [0.25, 0.3) is 0 Å². The second-order valence-corrected chi connectivity index (χ2v) is 40.8. The Morgan fingerprint density at radius 1 is 0.406 bits per heavy atom. The molecule has 20 nitrogen and oxygen atoms in total. The zero-order valence-corrected chi connectivity index (χ0v) is 85.2. The highest BCUT2D eigenvalue weighted by Crippen LogP contribution is 2.46. The third-order valence-corrected chi connectivity index (χ3v) is 27.4. The first-order valence-corrected chi connectivity index (χ1v) is 50.6. The van der Waals surface area contributed by atoms with E-state index < -0.39 is 28.7 Å². The van der Waals surface area contributed by atoms with E-state index in [1.165, 1.54) is 34.4 Å². The summed E-state index contributed by atoms with van der Waals surface area (Å²) in [5.74, 6) is 1.84. The number of esters is 2. The molecule has 0 spiro atoms. The van der Waals surface area contributed by atoms with E-state index in [1.54, 1.807) is 67.8 Å². The third-order valence-electron chi connectivity index (χ3n) is 25.6. The van der Waals surface area contributed by atoms with Gasteiger partial charge < -0.3 is 19.7 Å². The molecule has 4 unspecified atom stereocenters. The minimum Gasteiger partial charge on any atom is -0.512 e. The lowest BCUT2D eigenvalue weighted by molar-refractivity contribution is -0.149. The van der Waals surface area contributed by atoms with Crippen LogP contribution in [-0.4, -0.2) is 107 Å². The molecule has 26 heteroatoms. The lowest BCUT2D eigenvalue weighted by Crippen LogP contribution is -2.27. The van der Waals surface area contributed by atoms with Crippen molar-refractivity contribution in [3.63, 3.8) is 0 Å². The van der Waals surface area contributed by atoms with Crippen molar-refractivity contribution in [2.45, 2.75) is 290 Å². The Morgan fingerprint density at radius 3 is 1.04 bits per heavy atom. The number of allylic oxidation sites excluding steroid dienone is 8. The van der Waals surface area contributed by atoms with Gasteiger partial charge in [-0.15, -0.1) is 10.2 Å². The summed E-state index contributed by atoms with van der Waals surface area (Å²) in [7, 11) is 0. The number of benzene rings is 6. The van der Waals surface area contributed by atoms with Crippen molar-refractivity contribution < 1.29 is 66.0 Å². The molecule has 4 heterocycles. The van der Waals surface area contributed by atoms with Gasteiger partial charge in [-0.05, 0) is 280 Å². The Kier molecular flexibility index (Phi) is 37.4. The number of alkyl halides is 3. The number of ether oxygens (including phenoxy) is 2. The van der Waals surface area contributed by atoms with Gasteiger partial charge in [0.15, 0.2) is 33.4 Å². The standard InChI is InChI=1S/C29H35F3N2O3S.C28H33N3O2.C28H36N2O3S.C27H30FN3O2/c1-7-19-13-17(3)14-20(8-2)24(19)25-21(35)15-18(16-22(25)37-26(36)28(4,5)6)10-12-38-27-33-11-9-23(34-27)29(30,31)32;1-5-21-13-19(4)14-22(6-2)27(21)28-25(32)15-20(16-26(28)33)11-12-31-17-24(29-30-31)23-9-7-18(3)8-10-23;1-7-20-14-18(3)15-21(8-2)24(20)25-22(31)16-19(10-13-34-27-29-11-9-12-30-27)17-23(25)33-26(32)28(4,5)6;1-4-19-12-17(3)13-20(5-2)26(19)27-24(32)14-18(15-25(27)33)10-11-31-16-23(29-30-31)21-6-8-22(28)9-7-21/h9,11,13-14,18H,7-8,10,12,15-16H2,1-6H3;7-10,13-14,17,20,32H,5-6,11-12,15-16H2,1-4H3;9,11-12,14-15,19H,7-8,10,13,16-17H2,1-6H3;6-9,12-13,16,18,32H,4-5,10-11,14-15H2,1-3H3. The van der Waals surface area contributed by atoms with Crippen LogP contribution < -0.4 is 0 Å². The minimum atomic E-state index is -4.54. The molecule has 0 aliphatic heterocycles. The van der Waals surface area contributed by atoms with Gasteiger partial charge >= 0.3 is 18.1 Å². The Morgan fingerprint density at radius 2 is 0.717 bits per heavy atom. The number of ketones is 4. The van der Waals surface area contributed by atoms with Gasteiger partial charge in [0.05, 0.1) is 45.5 Å². The lowest BCUT2D eigenvalue weighted by Gasteiger charge is -2.29. The van der Waals surface area contributed by atoms with Crippen molar-refractivity contribution >= 4 is 80.9 Å². The maximum Gasteiger partial charge on any atom is 0.433 e. The number of halogens is 4. The van der Waals surface area contributed by atoms with Crippen LogP contribution >= 0.6 is 23.5 Å². The molecule has 0 bridgehead atoms. The zero-order chi connectivity index (χ0) is 100. The van der Waals surface area contributed by atoms with Crippen molar-refractivity contribution in [3.05, 3.63) is 269 Å². The van der Waals surface area contributed by atoms with Crippen LogP contribution in [0.4, 0.5) is 17.6 Å². The summed E-state index contributed by atoms with van der Waals surface area (Å²) < 4.78 is 67.6. The number of aliphatic hydroxyl groups excluding tert-OH is 2. The van der Waals surface area contributed by atoms with Crippen LogP contribution in [-0.2, 0) is 109 Å². The van der Waals surface area contributed by atoms with Crippen LogP contribution in [0, 0.1) is 74.9 Å². The van der Waals surface area contributed by atoms with Crippen molar-refractivity contribution in [2.75, 3.05) is 11.5 Å². The van der Waals surface area contributed by atoms with Crippen LogP contribution in [0.25, 0.3) is 44.8 Å². The summed E-state index contributed by atoms with van der Waals surface area (Å²) >= 11 is 2.71. The quantitative estimate of drug-likeness (QED) is 0.0183. The molecule has 0 saturated carbocycles. The fourth-order valence-corrected chi connectivity index (χ4v) is 20.3. The number of carbonyl (C=O) groups is 6. The Balaban J connectivity index is 0.000000177. The van der Waals surface area contributed by atoms with Gasteiger partial charge in [-0.3, -0.25) is 38.1 Å². The molecule has 138 heavy (non-hydrogen) atoms. The Labute approximate surface area is 819 Å². The number of thioether (sulfide) groups is 2. The molecule has 732 valence electrons. The molecule has 0 amide bonds. The molecule has 10 aromatic rings. The molecule has 0 fully saturated rings. The van der Waals surface area contributed by atoms with Gasteiger partial charge in [0.2, 0.25) is 0 Å². The van der Waals surface area contributed by atoms with Gasteiger partial charge in [0.1, 0.15) is 45.9 Å². The number of hydrogen-bond donors (Lipinski definition) is 2. The van der Waals surface area contributed by atoms with E-state index in [4.69, 9.17) is 9.47 Å². The van der Waals surface area contributed by atoms with Gasteiger partial charge in [-0.2, -0.15) is 13.2 Å². The number of Topliss-reactive ketones (excluding diaryl/α,β-unsaturated/α-hetero) is 4. The average Bonchev–Trinajstić information content (AvgIpc) is 0.900. The van der Waals surface area contributed by atoms with E-state index >= 15 is 0 Å². The number of rotatable bonds is 30. The summed E-state index contributed by atoms with van der Waals surface area (Å²) in [6.45, 7) is 39.1. The van der Waals surface area contributed by atoms with E-state index in [0.29, 0.717) is 116 Å². The van der Waals surface area contributed by atoms with Crippen LogP contribution in [0.3, 0.4) is 0 Å². The SMILES string of the molecule is CCc1cc(C)cc(CC)c1C1=C(O)CC(CCn2cc(-c3ccc(C)cc3)nn2)CC1=O.CCc1cc(C)cc(CC)c1C1=C(O)CC(CCn2cc(-c3ccc(F)cc3)nn2)CC1=O.CCc1cc(C)cc(CC)c1C1=C(OC(=O)C(C)(C)C)CC(CCSc2nccc(C(F)(F)F)n2)CC1=O.CCc1cc(C)cc(CC)c1C1=C(OC(=O)C(C)(C)C)CC(CCSc2ncccn2)CC1=O. The summed E-state index contributed by atoms with van der Waals surface area (Å²) in [6.07, 6.45) is 16.7. The number of aromatic nitrogens is 10. The topological polar surface area (TPSA) is 274 Å². The fourth-order valence-electron chi connectivity index (χ4n) is 18.4. The predicted molar refractivity (Wildman–Crippen MR) is 539 cm³/mol. The maximum absolute atomic E-state index is 13.7. The lowest BCUT2D eigenvalue weighted by atomic mass is 9.79. The molecular weight excluding hydrogens is 1790 g/mol.